The molecule has 5 nitrogen and oxygen atoms in total. The van der Waals surface area contributed by atoms with Crippen molar-refractivity contribution in [1.29, 1.82) is 0 Å². The fourth-order valence-corrected chi connectivity index (χ4v) is 9.11. The lowest BCUT2D eigenvalue weighted by molar-refractivity contribution is -0.125. The first-order chi connectivity index (χ1) is 18.1. The van der Waals surface area contributed by atoms with Gasteiger partial charge in [-0.25, -0.2) is 12.4 Å². The van der Waals surface area contributed by atoms with Gasteiger partial charge in [-0.15, -0.1) is 0 Å². The van der Waals surface area contributed by atoms with Crippen LogP contribution in [0.3, 0.4) is 0 Å². The van der Waals surface area contributed by atoms with Crippen LogP contribution in [0.5, 0.6) is 0 Å². The van der Waals surface area contributed by atoms with E-state index < -0.39 is 10.0 Å². The highest BCUT2D eigenvalue weighted by Gasteiger charge is 2.48. The van der Waals surface area contributed by atoms with Crippen LogP contribution >= 0.6 is 0 Å². The van der Waals surface area contributed by atoms with E-state index in [2.05, 4.69) is 26.1 Å². The van der Waals surface area contributed by atoms with Crippen molar-refractivity contribution < 1.29 is 13.2 Å². The number of rotatable bonds is 7. The van der Waals surface area contributed by atoms with E-state index in [1.807, 2.05) is 36.4 Å². The van der Waals surface area contributed by atoms with Gasteiger partial charge in [0.25, 0.3) is 10.0 Å². The zero-order valence-corrected chi connectivity index (χ0v) is 23.6. The first kappa shape index (κ1) is 25.7. The Hall–Kier alpha value is -2.60. The zero-order chi connectivity index (χ0) is 26.7. The number of carbonyl (C=O) groups is 1. The van der Waals surface area contributed by atoms with Crippen molar-refractivity contribution in [3.05, 3.63) is 65.9 Å². The van der Waals surface area contributed by atoms with E-state index >= 15 is 0 Å². The van der Waals surface area contributed by atoms with Crippen LogP contribution in [0.15, 0.2) is 59.6 Å². The molecule has 0 unspecified atom stereocenters. The summed E-state index contributed by atoms with van der Waals surface area (Å²) in [4.78, 5) is 13.2. The summed E-state index contributed by atoms with van der Waals surface area (Å²) < 4.78 is 28.7. The van der Waals surface area contributed by atoms with Gasteiger partial charge in [-0.05, 0) is 103 Å². The highest BCUT2D eigenvalue weighted by Crippen LogP contribution is 2.53. The Morgan fingerprint density at radius 3 is 2.18 bits per heavy atom. The maximum Gasteiger partial charge on any atom is 0.268 e. The molecule has 0 atom stereocenters. The van der Waals surface area contributed by atoms with Crippen molar-refractivity contribution in [2.24, 2.45) is 23.7 Å². The summed E-state index contributed by atoms with van der Waals surface area (Å²) in [6.45, 7) is 6.35. The van der Waals surface area contributed by atoms with Gasteiger partial charge in [0, 0.05) is 24.0 Å². The Morgan fingerprint density at radius 1 is 0.921 bits per heavy atom. The highest BCUT2D eigenvalue weighted by atomic mass is 32.2. The van der Waals surface area contributed by atoms with E-state index in [0.717, 1.165) is 28.3 Å². The number of fused-ring (bicyclic) bond motifs is 1. The standard InChI is InChI=1S/C32H40N2O3S/c1-32(2,3)26-11-13-27(14-12-26)38(36,37)34-20-23(28-8-4-5-9-29(28)34)7-6-10-30(35)33-31-24-16-21-15-22(18-24)19-25(31)17-21/h4-5,8-9,11-14,20-22,24-25,31H,6-7,10,15-19H2,1-3H3,(H,33,35). The quantitative estimate of drug-likeness (QED) is 0.381. The second kappa shape index (κ2) is 9.55. The Kier molecular flexibility index (Phi) is 6.45. The molecule has 0 aliphatic heterocycles. The topological polar surface area (TPSA) is 68.2 Å². The normalized spacial score (nSPS) is 26.7. The van der Waals surface area contributed by atoms with Crippen LogP contribution < -0.4 is 5.32 Å². The van der Waals surface area contributed by atoms with Gasteiger partial charge in [0.1, 0.15) is 0 Å². The number of hydrogen-bond donors (Lipinski definition) is 1. The van der Waals surface area contributed by atoms with Crippen molar-refractivity contribution in [3.8, 4) is 0 Å². The van der Waals surface area contributed by atoms with Gasteiger partial charge in [-0.2, -0.15) is 0 Å². The van der Waals surface area contributed by atoms with Crippen molar-refractivity contribution in [3.63, 3.8) is 0 Å². The van der Waals surface area contributed by atoms with Gasteiger partial charge in [-0.1, -0.05) is 51.1 Å². The molecule has 1 aromatic heterocycles. The van der Waals surface area contributed by atoms with Crippen molar-refractivity contribution in [2.75, 3.05) is 0 Å². The molecule has 2 aromatic carbocycles. The zero-order valence-electron chi connectivity index (χ0n) is 22.8. The van der Waals surface area contributed by atoms with Gasteiger partial charge in [0.15, 0.2) is 0 Å². The van der Waals surface area contributed by atoms with Crippen LogP contribution in [0.4, 0.5) is 0 Å². The molecule has 6 heteroatoms. The third-order valence-electron chi connectivity index (χ3n) is 9.44. The van der Waals surface area contributed by atoms with Crippen LogP contribution in [0.2, 0.25) is 0 Å². The average Bonchev–Trinajstić information content (AvgIpc) is 3.25. The third-order valence-corrected chi connectivity index (χ3v) is 11.1. The third kappa shape index (κ3) is 4.70. The van der Waals surface area contributed by atoms with E-state index in [4.69, 9.17) is 0 Å². The molecule has 0 radical (unpaired) electrons. The first-order valence-electron chi connectivity index (χ1n) is 14.3. The highest BCUT2D eigenvalue weighted by molar-refractivity contribution is 7.90. The van der Waals surface area contributed by atoms with Crippen molar-refractivity contribution in [2.45, 2.75) is 88.5 Å². The second-order valence-corrected chi connectivity index (χ2v) is 14.9. The molecular formula is C32H40N2O3S. The number of nitrogens with zero attached hydrogens (tertiary/aromatic N) is 1. The summed E-state index contributed by atoms with van der Waals surface area (Å²) in [5, 5.41) is 4.35. The van der Waals surface area contributed by atoms with Crippen LogP contribution in [0.1, 0.15) is 76.8 Å². The van der Waals surface area contributed by atoms with E-state index in [0.29, 0.717) is 42.7 Å². The Bertz CT molecular complexity index is 1420. The van der Waals surface area contributed by atoms with E-state index in [1.54, 1.807) is 18.3 Å². The number of carbonyl (C=O) groups excluding carboxylic acids is 1. The van der Waals surface area contributed by atoms with Gasteiger partial charge in [0.2, 0.25) is 5.91 Å². The second-order valence-electron chi connectivity index (χ2n) is 13.1. The summed E-state index contributed by atoms with van der Waals surface area (Å²) in [7, 11) is -3.74. The lowest BCUT2D eigenvalue weighted by atomic mass is 9.54. The van der Waals surface area contributed by atoms with Crippen molar-refractivity contribution in [1.82, 2.24) is 9.29 Å². The Balaban J connectivity index is 1.15. The molecule has 4 aliphatic rings. The number of amides is 1. The average molecular weight is 533 g/mol. The molecule has 4 fully saturated rings. The van der Waals surface area contributed by atoms with Gasteiger partial charge < -0.3 is 5.32 Å². The Labute approximate surface area is 227 Å². The van der Waals surface area contributed by atoms with Crippen LogP contribution in [-0.4, -0.2) is 24.3 Å². The molecule has 0 saturated heterocycles. The fraction of sp³-hybridized carbons (Fsp3) is 0.531. The molecule has 1 heterocycles. The molecule has 4 saturated carbocycles. The largest absolute Gasteiger partial charge is 0.353 e. The number of benzene rings is 2. The summed E-state index contributed by atoms with van der Waals surface area (Å²) >= 11 is 0. The first-order valence-corrected chi connectivity index (χ1v) is 15.8. The fourth-order valence-electron chi connectivity index (χ4n) is 7.71. The smallest absolute Gasteiger partial charge is 0.268 e. The number of aryl methyl sites for hydroxylation is 1. The molecule has 1 amide bonds. The van der Waals surface area contributed by atoms with Crippen LogP contribution in [0, 0.1) is 23.7 Å². The molecule has 4 bridgehead atoms. The number of nitrogens with one attached hydrogen (secondary N) is 1. The molecule has 202 valence electrons. The van der Waals surface area contributed by atoms with Crippen LogP contribution in [-0.2, 0) is 26.7 Å². The van der Waals surface area contributed by atoms with E-state index in [9.17, 15) is 13.2 Å². The monoisotopic (exact) mass is 532 g/mol. The molecule has 38 heavy (non-hydrogen) atoms. The summed E-state index contributed by atoms with van der Waals surface area (Å²) in [5.74, 6) is 3.30. The summed E-state index contributed by atoms with van der Waals surface area (Å²) in [6, 6.07) is 15.2. The molecule has 1 N–H and O–H groups in total. The Morgan fingerprint density at radius 2 is 1.55 bits per heavy atom. The lowest BCUT2D eigenvalue weighted by Crippen LogP contribution is -2.55. The molecule has 0 spiro atoms. The summed E-state index contributed by atoms with van der Waals surface area (Å²) in [5.41, 5.74) is 2.71. The molecule has 4 aliphatic carbocycles. The predicted octanol–water partition coefficient (Wildman–Crippen LogP) is 6.44. The van der Waals surface area contributed by atoms with Gasteiger partial charge in [-0.3, -0.25) is 4.79 Å². The van der Waals surface area contributed by atoms with Gasteiger partial charge in [0.05, 0.1) is 10.4 Å². The number of para-hydroxylation sites is 1. The van der Waals surface area contributed by atoms with Crippen LogP contribution in [0.25, 0.3) is 10.9 Å². The SMILES string of the molecule is CC(C)(C)c1ccc(S(=O)(=O)n2cc(CCCC(=O)NC3C4CC5CC(C4)CC3C5)c3ccccc32)cc1. The maximum absolute atomic E-state index is 13.6. The maximum atomic E-state index is 13.6. The van der Waals surface area contributed by atoms with Crippen molar-refractivity contribution >= 4 is 26.8 Å². The minimum absolute atomic E-state index is 0.0436. The molecule has 3 aromatic rings. The van der Waals surface area contributed by atoms with Gasteiger partial charge >= 0.3 is 0 Å². The minimum atomic E-state index is -3.74. The lowest BCUT2D eigenvalue weighted by Gasteiger charge is -2.54. The minimum Gasteiger partial charge on any atom is -0.353 e. The number of hydrogen-bond acceptors (Lipinski definition) is 3. The van der Waals surface area contributed by atoms with E-state index in [-0.39, 0.29) is 16.2 Å². The molecular weight excluding hydrogens is 492 g/mol. The summed E-state index contributed by atoms with van der Waals surface area (Å²) in [6.07, 6.45) is 10.2. The number of aromatic nitrogens is 1. The molecule has 7 rings (SSSR count). The predicted molar refractivity (Wildman–Crippen MR) is 152 cm³/mol. The van der Waals surface area contributed by atoms with E-state index in [1.165, 1.54) is 36.1 Å².